The molecule has 2 heterocycles. The molecule has 4 rings (SSSR count). The van der Waals surface area contributed by atoms with Gasteiger partial charge in [-0.3, -0.25) is 0 Å². The summed E-state index contributed by atoms with van der Waals surface area (Å²) in [6, 6.07) is 15.9. The van der Waals surface area contributed by atoms with Crippen molar-refractivity contribution in [3.05, 3.63) is 89.4 Å². The van der Waals surface area contributed by atoms with Gasteiger partial charge in [0.25, 0.3) is 0 Å². The molecule has 0 aliphatic carbocycles. The summed E-state index contributed by atoms with van der Waals surface area (Å²) in [6.07, 6.45) is 2.20. The highest BCUT2D eigenvalue weighted by molar-refractivity contribution is 5.74. The Labute approximate surface area is 142 Å². The van der Waals surface area contributed by atoms with Crippen molar-refractivity contribution in [3.63, 3.8) is 0 Å². The van der Waals surface area contributed by atoms with Crippen molar-refractivity contribution in [1.82, 2.24) is 10.2 Å². The summed E-state index contributed by atoms with van der Waals surface area (Å²) in [4.78, 5) is 2.34. The fraction of sp³-hybridized carbons (Fsp3) is 0.238. The van der Waals surface area contributed by atoms with E-state index in [9.17, 15) is 4.39 Å². The minimum absolute atomic E-state index is 0.112. The lowest BCUT2D eigenvalue weighted by Gasteiger charge is -2.39. The van der Waals surface area contributed by atoms with E-state index < -0.39 is 0 Å². The molecule has 1 N–H and O–H groups in total. The highest BCUT2D eigenvalue weighted by atomic mass is 19.1. The summed E-state index contributed by atoms with van der Waals surface area (Å²) >= 11 is 0. The van der Waals surface area contributed by atoms with Gasteiger partial charge in [0, 0.05) is 24.4 Å². The third kappa shape index (κ3) is 2.45. The van der Waals surface area contributed by atoms with Gasteiger partial charge in [0.2, 0.25) is 0 Å². The Hall–Kier alpha value is -2.39. The third-order valence-electron chi connectivity index (χ3n) is 4.94. The molecule has 2 aromatic rings. The van der Waals surface area contributed by atoms with E-state index in [1.165, 1.54) is 5.56 Å². The van der Waals surface area contributed by atoms with E-state index in [2.05, 4.69) is 35.0 Å². The zero-order valence-electron chi connectivity index (χ0n) is 13.8. The topological polar surface area (TPSA) is 15.3 Å². The molecule has 1 fully saturated rings. The number of hydrogen-bond donors (Lipinski definition) is 1. The first-order chi connectivity index (χ1) is 11.6. The smallest absolute Gasteiger partial charge is 0.130 e. The first-order valence-electron chi connectivity index (χ1n) is 8.35. The van der Waals surface area contributed by atoms with Gasteiger partial charge in [0.05, 0.1) is 12.1 Å². The lowest BCUT2D eigenvalue weighted by molar-refractivity contribution is 0.236. The molecule has 0 bridgehead atoms. The highest BCUT2D eigenvalue weighted by Gasteiger charge is 2.39. The summed E-state index contributed by atoms with van der Waals surface area (Å²) in [5, 5.41) is 3.41. The highest BCUT2D eigenvalue weighted by Crippen LogP contribution is 2.43. The zero-order valence-corrected chi connectivity index (χ0v) is 13.8. The van der Waals surface area contributed by atoms with Gasteiger partial charge in [0.1, 0.15) is 5.82 Å². The van der Waals surface area contributed by atoms with Crippen molar-refractivity contribution in [1.29, 1.82) is 0 Å². The van der Waals surface area contributed by atoms with Gasteiger partial charge in [0.15, 0.2) is 0 Å². The van der Waals surface area contributed by atoms with Crippen LogP contribution in [0.4, 0.5) is 4.39 Å². The number of benzene rings is 2. The van der Waals surface area contributed by atoms with Crippen LogP contribution in [0.1, 0.15) is 22.7 Å². The molecule has 0 spiro atoms. The predicted octanol–water partition coefficient (Wildman–Crippen LogP) is 4.06. The maximum atomic E-state index is 14.5. The molecule has 2 atom stereocenters. The molecule has 1 saturated heterocycles. The Morgan fingerprint density at radius 1 is 1.17 bits per heavy atom. The quantitative estimate of drug-likeness (QED) is 0.898. The van der Waals surface area contributed by atoms with Crippen LogP contribution in [0.15, 0.2) is 66.9 Å². The second-order valence-corrected chi connectivity index (χ2v) is 6.58. The predicted molar refractivity (Wildman–Crippen MR) is 95.9 cm³/mol. The Balaban J connectivity index is 1.83. The average molecular weight is 320 g/mol. The molecule has 3 heteroatoms. The Morgan fingerprint density at radius 3 is 2.75 bits per heavy atom. The van der Waals surface area contributed by atoms with Crippen molar-refractivity contribution < 1.29 is 4.39 Å². The Bertz CT molecular complexity index is 810. The molecular weight excluding hydrogens is 299 g/mol. The van der Waals surface area contributed by atoms with Crippen LogP contribution >= 0.6 is 0 Å². The van der Waals surface area contributed by atoms with Gasteiger partial charge >= 0.3 is 0 Å². The van der Waals surface area contributed by atoms with Crippen LogP contribution in [0.2, 0.25) is 0 Å². The Morgan fingerprint density at radius 2 is 1.96 bits per heavy atom. The molecule has 2 unspecified atom stereocenters. The number of aryl methyl sites for hydroxylation is 1. The number of fused-ring (bicyclic) bond motifs is 1. The molecule has 24 heavy (non-hydrogen) atoms. The minimum atomic E-state index is -0.156. The normalized spacial score (nSPS) is 23.2. The number of nitrogens with one attached hydrogen (secondary N) is 1. The standard InChI is InChI=1S/C21H21FN2/c1-14-8-9-19(22)17(10-14)18-11-20(16-6-4-3-5-7-16)24-15(2)12-23-13-21(18)24/h3-11,20-21,23H,2,12-13H2,1H3. The first kappa shape index (κ1) is 15.2. The van der Waals surface area contributed by atoms with E-state index in [0.29, 0.717) is 5.56 Å². The van der Waals surface area contributed by atoms with Crippen LogP contribution in [0.3, 0.4) is 0 Å². The molecule has 122 valence electrons. The average Bonchev–Trinajstić information content (AvgIpc) is 2.99. The van der Waals surface area contributed by atoms with Crippen LogP contribution in [0.25, 0.3) is 5.57 Å². The lowest BCUT2D eigenvalue weighted by atomic mass is 9.96. The molecule has 2 aliphatic rings. The van der Waals surface area contributed by atoms with Gasteiger partial charge in [-0.1, -0.05) is 54.6 Å². The number of hydrogen-bond acceptors (Lipinski definition) is 2. The second-order valence-electron chi connectivity index (χ2n) is 6.58. The van der Waals surface area contributed by atoms with E-state index >= 15 is 0 Å². The monoisotopic (exact) mass is 320 g/mol. The third-order valence-corrected chi connectivity index (χ3v) is 4.94. The lowest BCUT2D eigenvalue weighted by Crippen LogP contribution is -2.48. The molecular formula is C21H21FN2. The molecule has 0 amide bonds. The van der Waals surface area contributed by atoms with Gasteiger partial charge in [-0.2, -0.15) is 0 Å². The van der Waals surface area contributed by atoms with E-state index in [0.717, 1.165) is 29.9 Å². The number of rotatable bonds is 2. The van der Waals surface area contributed by atoms with Crippen molar-refractivity contribution in [2.24, 2.45) is 0 Å². The molecule has 2 nitrogen and oxygen atoms in total. The fourth-order valence-electron chi connectivity index (χ4n) is 3.81. The molecule has 2 aliphatic heterocycles. The van der Waals surface area contributed by atoms with E-state index in [-0.39, 0.29) is 17.9 Å². The van der Waals surface area contributed by atoms with E-state index in [4.69, 9.17) is 0 Å². The van der Waals surface area contributed by atoms with Crippen LogP contribution < -0.4 is 5.32 Å². The minimum Gasteiger partial charge on any atom is -0.355 e. The molecule has 0 saturated carbocycles. The summed E-state index contributed by atoms with van der Waals surface area (Å²) in [5.41, 5.74) is 5.11. The maximum Gasteiger partial charge on any atom is 0.130 e. The van der Waals surface area contributed by atoms with Crippen molar-refractivity contribution >= 4 is 5.57 Å². The largest absolute Gasteiger partial charge is 0.355 e. The Kier molecular flexibility index (Phi) is 3.73. The summed E-state index contributed by atoms with van der Waals surface area (Å²) in [5.74, 6) is -0.156. The second kappa shape index (κ2) is 5.91. The van der Waals surface area contributed by atoms with Crippen molar-refractivity contribution in [2.75, 3.05) is 13.1 Å². The summed E-state index contributed by atoms with van der Waals surface area (Å²) < 4.78 is 14.5. The summed E-state index contributed by atoms with van der Waals surface area (Å²) in [6.45, 7) is 7.82. The number of piperazine rings is 1. The summed E-state index contributed by atoms with van der Waals surface area (Å²) in [7, 11) is 0. The number of nitrogens with zero attached hydrogens (tertiary/aromatic N) is 1. The molecule has 0 radical (unpaired) electrons. The van der Waals surface area contributed by atoms with Gasteiger partial charge in [-0.05, 0) is 30.2 Å². The first-order valence-corrected chi connectivity index (χ1v) is 8.35. The number of halogens is 1. The van der Waals surface area contributed by atoms with Crippen molar-refractivity contribution in [2.45, 2.75) is 19.0 Å². The van der Waals surface area contributed by atoms with E-state index in [1.807, 2.05) is 37.3 Å². The fourth-order valence-corrected chi connectivity index (χ4v) is 3.81. The van der Waals surface area contributed by atoms with Gasteiger partial charge < -0.3 is 10.2 Å². The maximum absolute atomic E-state index is 14.5. The van der Waals surface area contributed by atoms with Gasteiger partial charge in [-0.25, -0.2) is 4.39 Å². The van der Waals surface area contributed by atoms with Crippen LogP contribution in [0, 0.1) is 12.7 Å². The zero-order chi connectivity index (χ0) is 16.7. The van der Waals surface area contributed by atoms with Crippen molar-refractivity contribution in [3.8, 4) is 0 Å². The van der Waals surface area contributed by atoms with Crippen LogP contribution in [-0.2, 0) is 0 Å². The molecule has 2 aromatic carbocycles. The van der Waals surface area contributed by atoms with Gasteiger partial charge in [-0.15, -0.1) is 0 Å². The SMILES string of the molecule is C=C1CNCC2C(c3cc(C)ccc3F)=CC(c3ccccc3)N12. The van der Waals surface area contributed by atoms with Crippen LogP contribution in [0.5, 0.6) is 0 Å². The van der Waals surface area contributed by atoms with Crippen LogP contribution in [-0.4, -0.2) is 24.0 Å². The van der Waals surface area contributed by atoms with E-state index in [1.54, 1.807) is 6.07 Å². The molecule has 0 aromatic heterocycles.